The van der Waals surface area contributed by atoms with Crippen molar-refractivity contribution in [2.75, 3.05) is 20.2 Å². The highest BCUT2D eigenvalue weighted by molar-refractivity contribution is 5.67. The first kappa shape index (κ1) is 10.3. The van der Waals surface area contributed by atoms with Gasteiger partial charge in [-0.25, -0.2) is 4.79 Å². The van der Waals surface area contributed by atoms with Crippen molar-refractivity contribution in [2.45, 2.75) is 32.5 Å². The summed E-state index contributed by atoms with van der Waals surface area (Å²) in [5.41, 5.74) is -0.272. The molecule has 1 heterocycles. The molecule has 1 saturated heterocycles. The van der Waals surface area contributed by atoms with Gasteiger partial charge in [0, 0.05) is 0 Å². The van der Waals surface area contributed by atoms with Gasteiger partial charge in [0.1, 0.15) is 0 Å². The molecule has 1 aliphatic rings. The molecule has 0 spiro atoms. The van der Waals surface area contributed by atoms with Crippen LogP contribution in [0.1, 0.15) is 20.8 Å². The molecular weight excluding hydrogens is 170 g/mol. The molecule has 1 amide bonds. The Balaban J connectivity index is 2.62. The zero-order valence-electron chi connectivity index (χ0n) is 8.66. The van der Waals surface area contributed by atoms with Gasteiger partial charge in [0.2, 0.25) is 0 Å². The van der Waals surface area contributed by atoms with Crippen molar-refractivity contribution < 1.29 is 14.3 Å². The van der Waals surface area contributed by atoms with E-state index in [1.807, 2.05) is 20.8 Å². The molecule has 4 heteroatoms. The quantitative estimate of drug-likeness (QED) is 0.573. The lowest BCUT2D eigenvalue weighted by molar-refractivity contribution is -0.121. The molecule has 1 fully saturated rings. The molecule has 0 N–H and O–H groups in total. The molecule has 0 aromatic carbocycles. The number of carbonyl (C=O) groups excluding carboxylic acids is 1. The second-order valence-electron chi connectivity index (χ2n) is 4.04. The van der Waals surface area contributed by atoms with Gasteiger partial charge in [0.25, 0.3) is 0 Å². The summed E-state index contributed by atoms with van der Waals surface area (Å²) in [5, 5.41) is 0. The molecule has 1 atom stereocenters. The number of carbonyl (C=O) groups is 1. The Labute approximate surface area is 78.8 Å². The number of methoxy groups -OCH3 is 1. The van der Waals surface area contributed by atoms with Gasteiger partial charge in [0.05, 0.1) is 31.9 Å². The van der Waals surface area contributed by atoms with Gasteiger partial charge in [0.15, 0.2) is 0 Å². The Morgan fingerprint density at radius 3 is 2.69 bits per heavy atom. The predicted molar refractivity (Wildman–Crippen MR) is 48.6 cm³/mol. The largest absolute Gasteiger partial charge is 0.453 e. The van der Waals surface area contributed by atoms with E-state index in [1.54, 1.807) is 4.90 Å². The van der Waals surface area contributed by atoms with Crippen molar-refractivity contribution in [2.24, 2.45) is 0 Å². The summed E-state index contributed by atoms with van der Waals surface area (Å²) in [6, 6.07) is 0. The number of ether oxygens (including phenoxy) is 2. The first-order chi connectivity index (χ1) is 5.94. The Bertz CT molecular complexity index is 203. The molecule has 0 aromatic heterocycles. The highest BCUT2D eigenvalue weighted by atomic mass is 16.5. The second-order valence-corrected chi connectivity index (χ2v) is 4.04. The van der Waals surface area contributed by atoms with Crippen LogP contribution in [0.25, 0.3) is 0 Å². The minimum atomic E-state index is -0.275. The van der Waals surface area contributed by atoms with E-state index < -0.39 is 0 Å². The summed E-state index contributed by atoms with van der Waals surface area (Å²) in [7, 11) is 1.40. The SMILES string of the molecule is COC(=O)N1CC(C)OC(C)(C)C1. The lowest BCUT2D eigenvalue weighted by atomic mass is 10.1. The number of morpholine rings is 1. The fourth-order valence-corrected chi connectivity index (χ4v) is 1.72. The third kappa shape index (κ3) is 2.59. The Morgan fingerprint density at radius 1 is 1.62 bits per heavy atom. The van der Waals surface area contributed by atoms with Crippen LogP contribution in [0.4, 0.5) is 4.79 Å². The second kappa shape index (κ2) is 3.54. The summed E-state index contributed by atoms with van der Waals surface area (Å²) in [5.74, 6) is 0. The Morgan fingerprint density at radius 2 is 2.23 bits per heavy atom. The molecule has 0 bridgehead atoms. The first-order valence-corrected chi connectivity index (χ1v) is 4.45. The number of nitrogens with zero attached hydrogens (tertiary/aromatic N) is 1. The van der Waals surface area contributed by atoms with Crippen LogP contribution in [0.5, 0.6) is 0 Å². The smallest absolute Gasteiger partial charge is 0.409 e. The molecule has 1 aliphatic heterocycles. The van der Waals surface area contributed by atoms with Crippen molar-refractivity contribution in [1.82, 2.24) is 4.90 Å². The van der Waals surface area contributed by atoms with Crippen LogP contribution >= 0.6 is 0 Å². The van der Waals surface area contributed by atoms with Gasteiger partial charge in [-0.3, -0.25) is 0 Å². The number of amides is 1. The Kier molecular flexibility index (Phi) is 2.81. The zero-order chi connectivity index (χ0) is 10.1. The van der Waals surface area contributed by atoms with E-state index >= 15 is 0 Å². The summed E-state index contributed by atoms with van der Waals surface area (Å²) in [6.07, 6.45) is -0.203. The van der Waals surface area contributed by atoms with E-state index in [0.29, 0.717) is 13.1 Å². The molecule has 1 rings (SSSR count). The molecule has 76 valence electrons. The molecular formula is C9H17NO3. The van der Waals surface area contributed by atoms with E-state index in [1.165, 1.54) is 7.11 Å². The van der Waals surface area contributed by atoms with Gasteiger partial charge >= 0.3 is 6.09 Å². The third-order valence-electron chi connectivity index (χ3n) is 2.00. The first-order valence-electron chi connectivity index (χ1n) is 4.45. The average Bonchev–Trinajstić information content (AvgIpc) is 1.99. The molecule has 0 aromatic rings. The van der Waals surface area contributed by atoms with Crippen LogP contribution in [0.2, 0.25) is 0 Å². The predicted octanol–water partition coefficient (Wildman–Crippen LogP) is 1.25. The van der Waals surface area contributed by atoms with Crippen molar-refractivity contribution in [3.63, 3.8) is 0 Å². The molecule has 13 heavy (non-hydrogen) atoms. The van der Waals surface area contributed by atoms with Crippen LogP contribution in [-0.2, 0) is 9.47 Å². The van der Waals surface area contributed by atoms with Gasteiger partial charge in [-0.1, -0.05) is 0 Å². The lowest BCUT2D eigenvalue weighted by Gasteiger charge is -2.40. The van der Waals surface area contributed by atoms with Crippen molar-refractivity contribution in [1.29, 1.82) is 0 Å². The third-order valence-corrected chi connectivity index (χ3v) is 2.00. The van der Waals surface area contributed by atoms with Gasteiger partial charge in [-0.2, -0.15) is 0 Å². The van der Waals surface area contributed by atoms with Gasteiger partial charge in [-0.15, -0.1) is 0 Å². The summed E-state index contributed by atoms with van der Waals surface area (Å²) < 4.78 is 10.3. The average molecular weight is 187 g/mol. The van der Waals surface area contributed by atoms with E-state index in [4.69, 9.17) is 4.74 Å². The molecule has 0 saturated carbocycles. The van der Waals surface area contributed by atoms with E-state index in [0.717, 1.165) is 0 Å². The van der Waals surface area contributed by atoms with E-state index in [2.05, 4.69) is 4.74 Å². The maximum absolute atomic E-state index is 11.2. The molecule has 1 unspecified atom stereocenters. The van der Waals surface area contributed by atoms with Crippen LogP contribution in [0.15, 0.2) is 0 Å². The van der Waals surface area contributed by atoms with Crippen molar-refractivity contribution >= 4 is 6.09 Å². The summed E-state index contributed by atoms with van der Waals surface area (Å²) in [6.45, 7) is 7.09. The summed E-state index contributed by atoms with van der Waals surface area (Å²) >= 11 is 0. The minimum absolute atomic E-state index is 0.0721. The Hall–Kier alpha value is -0.770. The molecule has 0 radical (unpaired) electrons. The van der Waals surface area contributed by atoms with Crippen LogP contribution in [0.3, 0.4) is 0 Å². The minimum Gasteiger partial charge on any atom is -0.453 e. The summed E-state index contributed by atoms with van der Waals surface area (Å²) in [4.78, 5) is 12.9. The highest BCUT2D eigenvalue weighted by Gasteiger charge is 2.33. The molecule has 0 aliphatic carbocycles. The van der Waals surface area contributed by atoms with Crippen LogP contribution in [-0.4, -0.2) is 42.9 Å². The van der Waals surface area contributed by atoms with Gasteiger partial charge in [-0.05, 0) is 20.8 Å². The van der Waals surface area contributed by atoms with Crippen molar-refractivity contribution in [3.8, 4) is 0 Å². The topological polar surface area (TPSA) is 38.8 Å². The van der Waals surface area contributed by atoms with E-state index in [9.17, 15) is 4.79 Å². The fourth-order valence-electron chi connectivity index (χ4n) is 1.72. The number of rotatable bonds is 0. The molecule has 4 nitrogen and oxygen atoms in total. The lowest BCUT2D eigenvalue weighted by Crippen LogP contribution is -2.53. The fraction of sp³-hybridized carbons (Fsp3) is 0.889. The zero-order valence-corrected chi connectivity index (χ0v) is 8.66. The van der Waals surface area contributed by atoms with E-state index in [-0.39, 0.29) is 17.8 Å². The van der Waals surface area contributed by atoms with Gasteiger partial charge < -0.3 is 14.4 Å². The number of hydrogen-bond acceptors (Lipinski definition) is 3. The monoisotopic (exact) mass is 187 g/mol. The van der Waals surface area contributed by atoms with Crippen molar-refractivity contribution in [3.05, 3.63) is 0 Å². The van der Waals surface area contributed by atoms with Crippen LogP contribution in [0, 0.1) is 0 Å². The maximum Gasteiger partial charge on any atom is 0.409 e. The normalized spacial score (nSPS) is 27.1. The maximum atomic E-state index is 11.2. The van der Waals surface area contributed by atoms with Crippen LogP contribution < -0.4 is 0 Å². The number of hydrogen-bond donors (Lipinski definition) is 0. The highest BCUT2D eigenvalue weighted by Crippen LogP contribution is 2.20. The standard InChI is InChI=1S/C9H17NO3/c1-7-5-10(8(11)12-4)6-9(2,3)13-7/h7H,5-6H2,1-4H3.